The maximum absolute atomic E-state index is 12.5. The molecule has 0 unspecified atom stereocenters. The lowest BCUT2D eigenvalue weighted by Crippen LogP contribution is -2.33. The van der Waals surface area contributed by atoms with E-state index in [0.717, 1.165) is 16.8 Å². The molecule has 36 heavy (non-hydrogen) atoms. The quantitative estimate of drug-likeness (QED) is 0.143. The summed E-state index contributed by atoms with van der Waals surface area (Å²) in [4.78, 5) is 24.3. The molecule has 2 aromatic rings. The lowest BCUT2D eigenvalue weighted by atomic mass is 10.1. The summed E-state index contributed by atoms with van der Waals surface area (Å²) in [5.74, 6) is -1.48. The van der Waals surface area contributed by atoms with E-state index in [9.17, 15) is 22.8 Å². The number of aliphatic hydroxyl groups is 1. The van der Waals surface area contributed by atoms with Gasteiger partial charge in [-0.3, -0.25) is 9.59 Å². The zero-order valence-corrected chi connectivity index (χ0v) is 19.4. The van der Waals surface area contributed by atoms with Crippen LogP contribution in [-0.4, -0.2) is 56.1 Å². The standard InChI is InChI=1S/C24H28F3N5O4/c1-29-32(15-19(28)23(35)30-11-12-33)20-10-9-18(22(34)31-16-24(25,26)27)14-21(20)36-13-5-8-17-6-3-2-4-7-17/h2-4,6-7,9-10,14-15,33H,1,5,8,11-13,16,28H2,(H,30,35)(H,31,34)/b19-15-. The molecule has 0 radical (unpaired) electrons. The normalized spacial score (nSPS) is 11.5. The Balaban J connectivity index is 2.26. The number of halogens is 3. The number of hydrazone groups is 1. The average molecular weight is 508 g/mol. The van der Waals surface area contributed by atoms with E-state index in [1.165, 1.54) is 18.2 Å². The lowest BCUT2D eigenvalue weighted by Gasteiger charge is -2.20. The summed E-state index contributed by atoms with van der Waals surface area (Å²) in [7, 11) is 0. The van der Waals surface area contributed by atoms with Crippen molar-refractivity contribution in [3.8, 4) is 5.75 Å². The largest absolute Gasteiger partial charge is 0.491 e. The molecule has 0 aliphatic heterocycles. The van der Waals surface area contributed by atoms with E-state index < -0.39 is 24.5 Å². The van der Waals surface area contributed by atoms with Crippen molar-refractivity contribution in [3.63, 3.8) is 0 Å². The summed E-state index contributed by atoms with van der Waals surface area (Å²) in [5, 5.41) is 18.0. The van der Waals surface area contributed by atoms with Crippen LogP contribution in [0.2, 0.25) is 0 Å². The van der Waals surface area contributed by atoms with E-state index in [2.05, 4.69) is 17.1 Å². The van der Waals surface area contributed by atoms with Crippen LogP contribution in [0.5, 0.6) is 5.75 Å². The molecule has 0 atom stereocenters. The number of hydrogen-bond acceptors (Lipinski definition) is 7. The van der Waals surface area contributed by atoms with Crippen molar-refractivity contribution in [1.29, 1.82) is 0 Å². The van der Waals surface area contributed by atoms with Gasteiger partial charge in [-0.1, -0.05) is 30.3 Å². The van der Waals surface area contributed by atoms with Gasteiger partial charge < -0.3 is 26.2 Å². The molecule has 5 N–H and O–H groups in total. The van der Waals surface area contributed by atoms with Gasteiger partial charge >= 0.3 is 6.18 Å². The number of nitrogens with zero attached hydrogens (tertiary/aromatic N) is 2. The monoisotopic (exact) mass is 507 g/mol. The molecule has 194 valence electrons. The summed E-state index contributed by atoms with van der Waals surface area (Å²) in [6, 6.07) is 13.6. The predicted molar refractivity (Wildman–Crippen MR) is 129 cm³/mol. The summed E-state index contributed by atoms with van der Waals surface area (Å²) >= 11 is 0. The van der Waals surface area contributed by atoms with E-state index in [1.54, 1.807) is 0 Å². The van der Waals surface area contributed by atoms with Crippen molar-refractivity contribution < 1.29 is 32.6 Å². The highest BCUT2D eigenvalue weighted by atomic mass is 19.4. The van der Waals surface area contributed by atoms with E-state index in [4.69, 9.17) is 15.6 Å². The Morgan fingerprint density at radius 2 is 1.89 bits per heavy atom. The van der Waals surface area contributed by atoms with Crippen LogP contribution in [0.25, 0.3) is 0 Å². The smallest absolute Gasteiger partial charge is 0.405 e. The van der Waals surface area contributed by atoms with Gasteiger partial charge in [0.1, 0.15) is 23.7 Å². The number of ether oxygens (including phenoxy) is 1. The van der Waals surface area contributed by atoms with Gasteiger partial charge in [-0.05, 0) is 36.6 Å². The third-order valence-electron chi connectivity index (χ3n) is 4.70. The van der Waals surface area contributed by atoms with Crippen molar-refractivity contribution in [2.24, 2.45) is 10.8 Å². The molecule has 2 aromatic carbocycles. The summed E-state index contributed by atoms with van der Waals surface area (Å²) in [6.07, 6.45) is -2.08. The first-order valence-corrected chi connectivity index (χ1v) is 10.9. The van der Waals surface area contributed by atoms with Crippen LogP contribution in [-0.2, 0) is 11.2 Å². The number of aliphatic hydroxyl groups excluding tert-OH is 1. The van der Waals surface area contributed by atoms with E-state index in [1.807, 2.05) is 35.6 Å². The van der Waals surface area contributed by atoms with E-state index in [-0.39, 0.29) is 42.5 Å². The molecule has 9 nitrogen and oxygen atoms in total. The molecule has 0 aromatic heterocycles. The van der Waals surface area contributed by atoms with Crippen LogP contribution in [0.1, 0.15) is 22.3 Å². The first-order chi connectivity index (χ1) is 17.1. The fraction of sp³-hybridized carbons (Fsp3) is 0.292. The molecule has 12 heteroatoms. The molecular weight excluding hydrogens is 479 g/mol. The number of hydrogen-bond donors (Lipinski definition) is 4. The second kappa shape index (κ2) is 13.7. The Hall–Kier alpha value is -4.06. The number of anilines is 1. The molecule has 0 fully saturated rings. The Kier molecular flexibility index (Phi) is 10.7. The maximum Gasteiger partial charge on any atom is 0.405 e. The summed E-state index contributed by atoms with van der Waals surface area (Å²) < 4.78 is 43.4. The third kappa shape index (κ3) is 9.29. The first kappa shape index (κ1) is 28.2. The zero-order chi connectivity index (χ0) is 26.6. The van der Waals surface area contributed by atoms with Gasteiger partial charge in [-0.15, -0.1) is 0 Å². The third-order valence-corrected chi connectivity index (χ3v) is 4.70. The predicted octanol–water partition coefficient (Wildman–Crippen LogP) is 2.32. The van der Waals surface area contributed by atoms with Gasteiger partial charge in [0.2, 0.25) is 0 Å². The number of nitrogens with one attached hydrogen (secondary N) is 2. The minimum atomic E-state index is -4.56. The number of amides is 2. The molecule has 2 rings (SSSR count). The van der Waals surface area contributed by atoms with Crippen LogP contribution in [0.4, 0.5) is 18.9 Å². The number of alkyl halides is 3. The fourth-order valence-electron chi connectivity index (χ4n) is 2.99. The van der Waals surface area contributed by atoms with Crippen molar-refractivity contribution in [3.05, 3.63) is 71.6 Å². The van der Waals surface area contributed by atoms with Crippen molar-refractivity contribution in [2.75, 3.05) is 31.3 Å². The molecule has 0 aliphatic carbocycles. The number of nitrogens with two attached hydrogens (primary N) is 1. The van der Waals surface area contributed by atoms with Crippen LogP contribution >= 0.6 is 0 Å². The van der Waals surface area contributed by atoms with Gasteiger partial charge in [-0.2, -0.15) is 18.3 Å². The Morgan fingerprint density at radius 1 is 1.17 bits per heavy atom. The van der Waals surface area contributed by atoms with Gasteiger partial charge in [-0.25, -0.2) is 5.01 Å². The number of benzene rings is 2. The highest BCUT2D eigenvalue weighted by Crippen LogP contribution is 2.31. The molecule has 0 saturated carbocycles. The molecule has 0 saturated heterocycles. The Morgan fingerprint density at radius 3 is 2.53 bits per heavy atom. The van der Waals surface area contributed by atoms with Gasteiger partial charge in [0.15, 0.2) is 0 Å². The van der Waals surface area contributed by atoms with Crippen LogP contribution < -0.4 is 26.1 Å². The van der Waals surface area contributed by atoms with Crippen LogP contribution in [0.15, 0.2) is 65.5 Å². The minimum Gasteiger partial charge on any atom is -0.491 e. The maximum atomic E-state index is 12.5. The molecule has 0 spiro atoms. The molecule has 2 amide bonds. The van der Waals surface area contributed by atoms with Gasteiger partial charge in [0.05, 0.1) is 19.4 Å². The van der Waals surface area contributed by atoms with Gasteiger partial charge in [0, 0.05) is 18.8 Å². The highest BCUT2D eigenvalue weighted by Gasteiger charge is 2.28. The first-order valence-electron chi connectivity index (χ1n) is 10.9. The Labute approximate surface area is 206 Å². The number of carbonyl (C=O) groups excluding carboxylic acids is 2. The van der Waals surface area contributed by atoms with Crippen molar-refractivity contribution in [1.82, 2.24) is 10.6 Å². The summed E-state index contributed by atoms with van der Waals surface area (Å²) in [5.41, 5.74) is 6.82. The fourth-order valence-corrected chi connectivity index (χ4v) is 2.99. The minimum absolute atomic E-state index is 0.00754. The lowest BCUT2D eigenvalue weighted by molar-refractivity contribution is -0.123. The molecule has 0 heterocycles. The zero-order valence-electron chi connectivity index (χ0n) is 19.4. The molecule has 0 bridgehead atoms. The van der Waals surface area contributed by atoms with E-state index in [0.29, 0.717) is 12.8 Å². The van der Waals surface area contributed by atoms with Crippen molar-refractivity contribution >= 4 is 24.2 Å². The average Bonchev–Trinajstić information content (AvgIpc) is 2.87. The van der Waals surface area contributed by atoms with Crippen LogP contribution in [0, 0.1) is 0 Å². The molecular formula is C24H28F3N5O4. The second-order valence-corrected chi connectivity index (χ2v) is 7.47. The number of aryl methyl sites for hydroxylation is 1. The number of carbonyl (C=O) groups is 2. The SMILES string of the molecule is C=NN(/C=C(\N)C(=O)NCCO)c1ccc(C(=O)NCC(F)(F)F)cc1OCCCc1ccccc1. The van der Waals surface area contributed by atoms with E-state index >= 15 is 0 Å². The topological polar surface area (TPSA) is 129 Å². The second-order valence-electron chi connectivity index (χ2n) is 7.47. The Bertz CT molecular complexity index is 1060. The summed E-state index contributed by atoms with van der Waals surface area (Å²) in [6.45, 7) is 1.90. The highest BCUT2D eigenvalue weighted by molar-refractivity contribution is 5.95. The molecule has 0 aliphatic rings. The van der Waals surface area contributed by atoms with Gasteiger partial charge in [0.25, 0.3) is 11.8 Å². The van der Waals surface area contributed by atoms with Crippen molar-refractivity contribution in [2.45, 2.75) is 19.0 Å². The van der Waals surface area contributed by atoms with Crippen LogP contribution in [0.3, 0.4) is 0 Å². The number of rotatable bonds is 13.